The van der Waals surface area contributed by atoms with Crippen LogP contribution in [0.1, 0.15) is 5.56 Å². The summed E-state index contributed by atoms with van der Waals surface area (Å²) >= 11 is 25.2. The van der Waals surface area contributed by atoms with E-state index < -0.39 is 0 Å². The molecule has 0 spiro atoms. The average molecular weight is 468 g/mol. The molecule has 0 aromatic heterocycles. The van der Waals surface area contributed by atoms with Crippen LogP contribution < -0.4 is 5.46 Å². The van der Waals surface area contributed by atoms with Crippen molar-refractivity contribution in [1.29, 1.82) is 0 Å². The van der Waals surface area contributed by atoms with Gasteiger partial charge in [0.05, 0.1) is 0 Å². The zero-order chi connectivity index (χ0) is 21.4. The van der Waals surface area contributed by atoms with Crippen LogP contribution in [-0.4, -0.2) is 7.85 Å². The number of benzene rings is 4. The zero-order valence-electron chi connectivity index (χ0n) is 16.0. The third-order valence-electron chi connectivity index (χ3n) is 5.04. The van der Waals surface area contributed by atoms with Crippen LogP contribution in [0.15, 0.2) is 72.8 Å². The number of halogens is 4. The fourth-order valence-electron chi connectivity index (χ4n) is 3.64. The standard InChI is InChI=1S/C25H15BCl4/c1-14-10-15(27)2-6-19(14)22-11-16(28)3-7-20(22)23-12-17(29)4-8-21(23)24-13-18(30)5-9-25(24)26/h2-13H,1H3. The van der Waals surface area contributed by atoms with Crippen molar-refractivity contribution in [3.63, 3.8) is 0 Å². The highest BCUT2D eigenvalue weighted by molar-refractivity contribution is 6.38. The highest BCUT2D eigenvalue weighted by atomic mass is 35.5. The molecule has 0 atom stereocenters. The first-order valence-corrected chi connectivity index (χ1v) is 10.8. The van der Waals surface area contributed by atoms with Gasteiger partial charge in [-0.2, -0.15) is 0 Å². The van der Waals surface area contributed by atoms with Gasteiger partial charge in [-0.25, -0.2) is 0 Å². The molecule has 146 valence electrons. The molecule has 0 saturated heterocycles. The van der Waals surface area contributed by atoms with E-state index in [1.165, 1.54) is 0 Å². The summed E-state index contributed by atoms with van der Waals surface area (Å²) < 4.78 is 0. The first-order chi connectivity index (χ1) is 14.3. The van der Waals surface area contributed by atoms with E-state index in [1.807, 2.05) is 73.7 Å². The second-order valence-electron chi connectivity index (χ2n) is 7.07. The Kier molecular flexibility index (Phi) is 6.18. The summed E-state index contributed by atoms with van der Waals surface area (Å²) in [4.78, 5) is 0. The fourth-order valence-corrected chi connectivity index (χ4v) is 4.38. The van der Waals surface area contributed by atoms with E-state index in [0.717, 1.165) is 38.9 Å². The lowest BCUT2D eigenvalue weighted by atomic mass is 9.83. The van der Waals surface area contributed by atoms with Gasteiger partial charge in [0.15, 0.2) is 0 Å². The molecule has 0 aliphatic rings. The highest BCUT2D eigenvalue weighted by Crippen LogP contribution is 2.41. The molecular weight excluding hydrogens is 453 g/mol. The molecule has 4 aromatic carbocycles. The largest absolute Gasteiger partial charge is 0.114 e. The lowest BCUT2D eigenvalue weighted by molar-refractivity contribution is 1.45. The van der Waals surface area contributed by atoms with Crippen molar-refractivity contribution in [2.24, 2.45) is 0 Å². The van der Waals surface area contributed by atoms with Gasteiger partial charge in [-0.05, 0) is 94.4 Å². The maximum Gasteiger partial charge on any atom is 0.114 e. The van der Waals surface area contributed by atoms with Crippen molar-refractivity contribution in [2.45, 2.75) is 6.92 Å². The average Bonchev–Trinajstić information content (AvgIpc) is 2.70. The van der Waals surface area contributed by atoms with Crippen LogP contribution in [0.25, 0.3) is 33.4 Å². The van der Waals surface area contributed by atoms with Crippen LogP contribution in [0.3, 0.4) is 0 Å². The Morgan fingerprint density at radius 3 is 1.43 bits per heavy atom. The molecule has 0 saturated carbocycles. The molecule has 30 heavy (non-hydrogen) atoms. The van der Waals surface area contributed by atoms with Gasteiger partial charge in [0, 0.05) is 20.1 Å². The van der Waals surface area contributed by atoms with Gasteiger partial charge in [0.25, 0.3) is 0 Å². The maximum absolute atomic E-state index is 6.41. The summed E-state index contributed by atoms with van der Waals surface area (Å²) in [5, 5.41) is 2.58. The molecule has 0 unspecified atom stereocenters. The molecule has 0 nitrogen and oxygen atoms in total. The first kappa shape index (κ1) is 21.3. The Balaban J connectivity index is 2.03. The molecule has 5 heteroatoms. The van der Waals surface area contributed by atoms with E-state index in [2.05, 4.69) is 0 Å². The number of hydrogen-bond donors (Lipinski definition) is 0. The lowest BCUT2D eigenvalue weighted by Gasteiger charge is -2.18. The van der Waals surface area contributed by atoms with Gasteiger partial charge >= 0.3 is 0 Å². The first-order valence-electron chi connectivity index (χ1n) is 9.25. The molecule has 4 aromatic rings. The zero-order valence-corrected chi connectivity index (χ0v) is 19.0. The van der Waals surface area contributed by atoms with Crippen molar-refractivity contribution in [2.75, 3.05) is 0 Å². The van der Waals surface area contributed by atoms with Gasteiger partial charge in [0.2, 0.25) is 0 Å². The Morgan fingerprint density at radius 1 is 0.467 bits per heavy atom. The minimum Gasteiger partial charge on any atom is -0.0889 e. The lowest BCUT2D eigenvalue weighted by Crippen LogP contribution is -2.06. The highest BCUT2D eigenvalue weighted by Gasteiger charge is 2.16. The molecule has 0 fully saturated rings. The Morgan fingerprint density at radius 2 is 0.867 bits per heavy atom. The topological polar surface area (TPSA) is 0 Å². The minimum atomic E-state index is 0.616. The second kappa shape index (κ2) is 8.69. The molecule has 0 aliphatic carbocycles. The number of rotatable bonds is 3. The van der Waals surface area contributed by atoms with Gasteiger partial charge in [-0.15, -0.1) is 0 Å². The summed E-state index contributed by atoms with van der Waals surface area (Å²) in [5.41, 5.74) is 7.44. The Bertz CT molecular complexity index is 1260. The second-order valence-corrected chi connectivity index (χ2v) is 8.82. The van der Waals surface area contributed by atoms with Crippen LogP contribution >= 0.6 is 46.4 Å². The van der Waals surface area contributed by atoms with E-state index in [1.54, 1.807) is 6.07 Å². The van der Waals surface area contributed by atoms with Crippen molar-refractivity contribution in [3.05, 3.63) is 98.5 Å². The van der Waals surface area contributed by atoms with E-state index in [9.17, 15) is 0 Å². The molecular formula is C25H15BCl4. The van der Waals surface area contributed by atoms with E-state index in [-0.39, 0.29) is 0 Å². The normalized spacial score (nSPS) is 11.0. The van der Waals surface area contributed by atoms with Crippen molar-refractivity contribution in [3.8, 4) is 33.4 Å². The molecule has 0 N–H and O–H groups in total. The van der Waals surface area contributed by atoms with Crippen molar-refractivity contribution in [1.82, 2.24) is 0 Å². The minimum absolute atomic E-state index is 0.616. The monoisotopic (exact) mass is 466 g/mol. The van der Waals surface area contributed by atoms with Gasteiger partial charge in [-0.1, -0.05) is 76.1 Å². The van der Waals surface area contributed by atoms with Gasteiger partial charge < -0.3 is 0 Å². The molecule has 0 aliphatic heterocycles. The summed E-state index contributed by atoms with van der Waals surface area (Å²) in [6, 6.07) is 22.9. The Hall–Kier alpha value is -1.90. The molecule has 2 radical (unpaired) electrons. The summed E-state index contributed by atoms with van der Waals surface area (Å²) in [6.07, 6.45) is 0. The van der Waals surface area contributed by atoms with Crippen LogP contribution in [0, 0.1) is 6.92 Å². The predicted molar refractivity (Wildman–Crippen MR) is 133 cm³/mol. The summed E-state index contributed by atoms with van der Waals surface area (Å²) in [7, 11) is 6.29. The summed E-state index contributed by atoms with van der Waals surface area (Å²) in [6.45, 7) is 2.03. The van der Waals surface area contributed by atoms with Crippen LogP contribution in [0.5, 0.6) is 0 Å². The van der Waals surface area contributed by atoms with Crippen molar-refractivity contribution >= 4 is 59.7 Å². The maximum atomic E-state index is 6.41. The third kappa shape index (κ3) is 4.27. The molecule has 4 rings (SSSR count). The van der Waals surface area contributed by atoms with Crippen LogP contribution in [0.4, 0.5) is 0 Å². The number of hydrogen-bond acceptors (Lipinski definition) is 0. The van der Waals surface area contributed by atoms with E-state index >= 15 is 0 Å². The molecule has 0 heterocycles. The quantitative estimate of drug-likeness (QED) is 0.265. The van der Waals surface area contributed by atoms with Crippen molar-refractivity contribution < 1.29 is 0 Å². The fraction of sp³-hybridized carbons (Fsp3) is 0.0400. The molecule has 0 amide bonds. The predicted octanol–water partition coefficient (Wildman–Crippen LogP) is 8.40. The smallest absolute Gasteiger partial charge is 0.0889 e. The SMILES string of the molecule is [B]c1ccc(Cl)cc1-c1ccc(Cl)cc1-c1ccc(Cl)cc1-c1ccc(Cl)cc1C. The third-order valence-corrected chi connectivity index (χ3v) is 5.98. The number of aryl methyl sites for hydroxylation is 1. The molecule has 0 bridgehead atoms. The summed E-state index contributed by atoms with van der Waals surface area (Å²) in [5.74, 6) is 0. The van der Waals surface area contributed by atoms with Gasteiger partial charge in [0.1, 0.15) is 7.85 Å². The van der Waals surface area contributed by atoms with Crippen LogP contribution in [-0.2, 0) is 0 Å². The van der Waals surface area contributed by atoms with Crippen LogP contribution in [0.2, 0.25) is 20.1 Å². The Labute approximate surface area is 197 Å². The van der Waals surface area contributed by atoms with E-state index in [0.29, 0.717) is 25.6 Å². The van der Waals surface area contributed by atoms with E-state index in [4.69, 9.17) is 54.3 Å². The van der Waals surface area contributed by atoms with Gasteiger partial charge in [-0.3, -0.25) is 0 Å².